The molecule has 0 radical (unpaired) electrons. The van der Waals surface area contributed by atoms with E-state index in [-0.39, 0.29) is 11.4 Å². The van der Waals surface area contributed by atoms with Gasteiger partial charge < -0.3 is 9.84 Å². The van der Waals surface area contributed by atoms with E-state index in [1.54, 1.807) is 0 Å². The summed E-state index contributed by atoms with van der Waals surface area (Å²) >= 11 is 0. The van der Waals surface area contributed by atoms with Crippen molar-refractivity contribution in [1.82, 2.24) is 10.2 Å². The predicted octanol–water partition coefficient (Wildman–Crippen LogP) is 2.20. The number of aromatic carboxylic acids is 1. The summed E-state index contributed by atoms with van der Waals surface area (Å²) in [6.45, 7) is 0. The Morgan fingerprint density at radius 1 is 1.32 bits per heavy atom. The lowest BCUT2D eigenvalue weighted by molar-refractivity contribution is 0.0690. The summed E-state index contributed by atoms with van der Waals surface area (Å²) in [7, 11) is 1.07. The fraction of sp³-hybridized carbons (Fsp3) is 0.0909. The lowest BCUT2D eigenvalue weighted by Gasteiger charge is -2.09. The summed E-state index contributed by atoms with van der Waals surface area (Å²) in [5.41, 5.74) is -1.20. The Morgan fingerprint density at radius 3 is 2.53 bits per heavy atom. The molecule has 0 atom stereocenters. The van der Waals surface area contributed by atoms with Crippen LogP contribution in [0.4, 0.5) is 13.2 Å². The van der Waals surface area contributed by atoms with E-state index in [4.69, 9.17) is 5.11 Å². The zero-order valence-electron chi connectivity index (χ0n) is 9.50. The van der Waals surface area contributed by atoms with E-state index in [1.807, 2.05) is 0 Å². The zero-order chi connectivity index (χ0) is 14.2. The highest BCUT2D eigenvalue weighted by molar-refractivity contribution is 5.87. The maximum Gasteiger partial charge on any atom is 0.353 e. The fourth-order valence-corrected chi connectivity index (χ4v) is 1.57. The maximum atomic E-state index is 13.7. The summed E-state index contributed by atoms with van der Waals surface area (Å²) < 4.78 is 45.0. The largest absolute Gasteiger partial charge is 0.493 e. The molecule has 0 aliphatic carbocycles. The third kappa shape index (κ3) is 2.12. The molecule has 5 nitrogen and oxygen atoms in total. The van der Waals surface area contributed by atoms with Crippen LogP contribution in [-0.2, 0) is 0 Å². The van der Waals surface area contributed by atoms with Gasteiger partial charge in [-0.05, 0) is 6.07 Å². The minimum Gasteiger partial charge on any atom is -0.493 e. The van der Waals surface area contributed by atoms with Gasteiger partial charge in [-0.1, -0.05) is 0 Å². The Morgan fingerprint density at radius 2 is 2.00 bits per heavy atom. The van der Waals surface area contributed by atoms with Crippen molar-refractivity contribution in [3.05, 3.63) is 35.3 Å². The second-order valence-corrected chi connectivity index (χ2v) is 3.53. The first-order chi connectivity index (χ1) is 8.95. The number of carbonyl (C=O) groups is 1. The molecule has 0 bridgehead atoms. The maximum absolute atomic E-state index is 13.7. The number of hydrogen-bond acceptors (Lipinski definition) is 3. The van der Waals surface area contributed by atoms with Crippen LogP contribution in [0.1, 0.15) is 10.5 Å². The average molecular weight is 272 g/mol. The molecular formula is C11H7F3N2O3. The Bertz CT molecular complexity index is 655. The number of benzene rings is 1. The first kappa shape index (κ1) is 12.9. The quantitative estimate of drug-likeness (QED) is 0.840. The van der Waals surface area contributed by atoms with E-state index in [1.165, 1.54) is 0 Å². The third-order valence-electron chi connectivity index (χ3n) is 2.40. The van der Waals surface area contributed by atoms with Crippen LogP contribution in [-0.4, -0.2) is 28.4 Å². The Kier molecular flexibility index (Phi) is 3.16. The number of halogens is 3. The van der Waals surface area contributed by atoms with Crippen molar-refractivity contribution in [2.75, 3.05) is 7.11 Å². The molecule has 0 unspecified atom stereocenters. The number of carboxylic acid groups (broad SMARTS) is 1. The fourth-order valence-electron chi connectivity index (χ4n) is 1.57. The highest BCUT2D eigenvalue weighted by atomic mass is 19.2. The molecule has 2 N–H and O–H groups in total. The molecular weight excluding hydrogens is 265 g/mol. The van der Waals surface area contributed by atoms with Crippen molar-refractivity contribution < 1.29 is 27.8 Å². The van der Waals surface area contributed by atoms with E-state index < -0.39 is 34.7 Å². The van der Waals surface area contributed by atoms with Crippen LogP contribution in [0.5, 0.6) is 5.75 Å². The topological polar surface area (TPSA) is 75.2 Å². The molecule has 2 rings (SSSR count). The summed E-state index contributed by atoms with van der Waals surface area (Å²) in [5, 5.41) is 14.3. The van der Waals surface area contributed by atoms with Gasteiger partial charge in [0, 0.05) is 6.07 Å². The van der Waals surface area contributed by atoms with Crippen molar-refractivity contribution >= 4 is 5.97 Å². The molecule has 1 heterocycles. The van der Waals surface area contributed by atoms with Crippen LogP contribution >= 0.6 is 0 Å². The Labute approximate surface area is 104 Å². The summed E-state index contributed by atoms with van der Waals surface area (Å²) in [4.78, 5) is 10.7. The highest BCUT2D eigenvalue weighted by Crippen LogP contribution is 2.35. The van der Waals surface area contributed by atoms with Crippen molar-refractivity contribution in [2.24, 2.45) is 0 Å². The molecule has 0 saturated heterocycles. The summed E-state index contributed by atoms with van der Waals surface area (Å²) in [6.07, 6.45) is 0. The number of nitrogens with one attached hydrogen (secondary N) is 1. The number of hydrogen-bond donors (Lipinski definition) is 2. The SMILES string of the molecule is COc1c(F)cc(F)c(F)c1-c1cc(C(=O)O)[nH]n1. The van der Waals surface area contributed by atoms with Crippen LogP contribution in [0, 0.1) is 17.5 Å². The van der Waals surface area contributed by atoms with Gasteiger partial charge in [0.1, 0.15) is 5.69 Å². The van der Waals surface area contributed by atoms with Gasteiger partial charge in [-0.25, -0.2) is 18.0 Å². The monoisotopic (exact) mass is 272 g/mol. The summed E-state index contributed by atoms with van der Waals surface area (Å²) in [6, 6.07) is 1.28. The molecule has 0 fully saturated rings. The molecule has 8 heteroatoms. The third-order valence-corrected chi connectivity index (χ3v) is 2.40. The Hall–Kier alpha value is -2.51. The predicted molar refractivity (Wildman–Crippen MR) is 57.4 cm³/mol. The molecule has 0 spiro atoms. The van der Waals surface area contributed by atoms with Gasteiger partial charge in [0.2, 0.25) is 0 Å². The molecule has 0 amide bonds. The molecule has 1 aromatic carbocycles. The smallest absolute Gasteiger partial charge is 0.353 e. The molecule has 0 saturated carbocycles. The number of aromatic nitrogens is 2. The first-order valence-corrected chi connectivity index (χ1v) is 4.96. The lowest BCUT2D eigenvalue weighted by Crippen LogP contribution is -1.99. The second-order valence-electron chi connectivity index (χ2n) is 3.53. The highest BCUT2D eigenvalue weighted by Gasteiger charge is 2.23. The molecule has 2 aromatic rings. The number of aromatic amines is 1. The molecule has 19 heavy (non-hydrogen) atoms. The standard InChI is InChI=1S/C11H7F3N2O3/c1-19-10-5(13)2-4(12)9(14)8(10)6-3-7(11(17)18)16-15-6/h2-3H,1H3,(H,15,16)(H,17,18). The van der Waals surface area contributed by atoms with Crippen LogP contribution in [0.2, 0.25) is 0 Å². The van der Waals surface area contributed by atoms with E-state index in [9.17, 15) is 18.0 Å². The lowest BCUT2D eigenvalue weighted by atomic mass is 10.1. The normalized spacial score (nSPS) is 10.5. The number of ether oxygens (including phenoxy) is 1. The van der Waals surface area contributed by atoms with E-state index in [2.05, 4.69) is 14.9 Å². The van der Waals surface area contributed by atoms with Gasteiger partial charge in [0.15, 0.2) is 23.2 Å². The minimum absolute atomic E-state index is 0.273. The van der Waals surface area contributed by atoms with Crippen LogP contribution < -0.4 is 4.74 Å². The zero-order valence-corrected chi connectivity index (χ0v) is 9.50. The van der Waals surface area contributed by atoms with E-state index in [0.717, 1.165) is 13.2 Å². The second kappa shape index (κ2) is 4.63. The van der Waals surface area contributed by atoms with Crippen molar-refractivity contribution in [1.29, 1.82) is 0 Å². The van der Waals surface area contributed by atoms with Crippen LogP contribution in [0.25, 0.3) is 11.3 Å². The van der Waals surface area contributed by atoms with Gasteiger partial charge >= 0.3 is 5.97 Å². The summed E-state index contributed by atoms with van der Waals surface area (Å²) in [5.74, 6) is -5.80. The number of nitrogens with zero attached hydrogens (tertiary/aromatic N) is 1. The van der Waals surface area contributed by atoms with Gasteiger partial charge in [-0.2, -0.15) is 5.10 Å². The molecule has 100 valence electrons. The number of rotatable bonds is 3. The number of carboxylic acids is 1. The van der Waals surface area contributed by atoms with Crippen molar-refractivity contribution in [3.8, 4) is 17.0 Å². The van der Waals surface area contributed by atoms with E-state index >= 15 is 0 Å². The molecule has 1 aromatic heterocycles. The van der Waals surface area contributed by atoms with Crippen molar-refractivity contribution in [2.45, 2.75) is 0 Å². The van der Waals surface area contributed by atoms with Crippen molar-refractivity contribution in [3.63, 3.8) is 0 Å². The van der Waals surface area contributed by atoms with Crippen LogP contribution in [0.15, 0.2) is 12.1 Å². The molecule has 0 aliphatic heterocycles. The van der Waals surface area contributed by atoms with Crippen LogP contribution in [0.3, 0.4) is 0 Å². The molecule has 0 aliphatic rings. The average Bonchev–Trinajstić information content (AvgIpc) is 2.82. The Balaban J connectivity index is 2.69. The number of H-pyrrole nitrogens is 1. The minimum atomic E-state index is -1.42. The van der Waals surface area contributed by atoms with Gasteiger partial charge in [-0.15, -0.1) is 0 Å². The number of methoxy groups -OCH3 is 1. The van der Waals surface area contributed by atoms with Gasteiger partial charge in [0.05, 0.1) is 18.4 Å². The van der Waals surface area contributed by atoms with E-state index in [0.29, 0.717) is 6.07 Å². The van der Waals surface area contributed by atoms with Gasteiger partial charge in [-0.3, -0.25) is 5.10 Å². The first-order valence-electron chi connectivity index (χ1n) is 4.96. The van der Waals surface area contributed by atoms with Gasteiger partial charge in [0.25, 0.3) is 0 Å².